The van der Waals surface area contributed by atoms with Crippen molar-refractivity contribution < 1.29 is 14.3 Å². The highest BCUT2D eigenvalue weighted by Crippen LogP contribution is 2.15. The molecule has 1 amide bonds. The molecule has 0 aliphatic heterocycles. The Hall–Kier alpha value is -2.41. The number of hydrogen-bond acceptors (Lipinski definition) is 6. The summed E-state index contributed by atoms with van der Waals surface area (Å²) in [5.41, 5.74) is 1.72. The van der Waals surface area contributed by atoms with Gasteiger partial charge in [-0.2, -0.15) is 5.10 Å². The van der Waals surface area contributed by atoms with Crippen LogP contribution in [0, 0.1) is 6.92 Å². The molecule has 0 fully saturated rings. The number of amides is 1. The summed E-state index contributed by atoms with van der Waals surface area (Å²) in [6.07, 6.45) is 0. The number of aromatic hydroxyl groups is 1. The van der Waals surface area contributed by atoms with Crippen LogP contribution in [0.15, 0.2) is 37.9 Å². The molecular weight excluding hydrogens is 280 g/mol. The average molecular weight is 292 g/mol. The fourth-order valence-electron chi connectivity index (χ4n) is 1.58. The maximum absolute atomic E-state index is 11.7. The molecule has 20 heavy (non-hydrogen) atoms. The third-order valence-corrected chi connectivity index (χ3v) is 3.35. The molecule has 7 heteroatoms. The minimum atomic E-state index is -0.700. The molecule has 0 saturated heterocycles. The van der Waals surface area contributed by atoms with Crippen LogP contribution in [0.25, 0.3) is 0 Å². The molecule has 0 spiro atoms. The van der Waals surface area contributed by atoms with E-state index in [1.165, 1.54) is 24.3 Å². The molecule has 0 bridgehead atoms. The lowest BCUT2D eigenvalue weighted by atomic mass is 10.2. The predicted octanol–water partition coefficient (Wildman–Crippen LogP) is 1.87. The fourth-order valence-corrected chi connectivity index (χ4v) is 2.20. The first-order valence-corrected chi connectivity index (χ1v) is 6.59. The van der Waals surface area contributed by atoms with Crippen molar-refractivity contribution in [2.24, 2.45) is 5.10 Å². The van der Waals surface area contributed by atoms with Gasteiger partial charge >= 0.3 is 5.63 Å². The number of thiophene rings is 1. The van der Waals surface area contributed by atoms with Crippen LogP contribution in [0.4, 0.5) is 0 Å². The number of carbonyl (C=O) groups is 1. The van der Waals surface area contributed by atoms with Crippen LogP contribution in [0.3, 0.4) is 0 Å². The van der Waals surface area contributed by atoms with E-state index in [9.17, 15) is 14.7 Å². The first-order chi connectivity index (χ1) is 9.49. The zero-order valence-electron chi connectivity index (χ0n) is 10.8. The van der Waals surface area contributed by atoms with E-state index in [4.69, 9.17) is 4.42 Å². The van der Waals surface area contributed by atoms with Crippen molar-refractivity contribution in [2.45, 2.75) is 13.8 Å². The number of carbonyl (C=O) groups excluding carboxylic acids is 1. The molecule has 2 heterocycles. The maximum Gasteiger partial charge on any atom is 0.348 e. The Morgan fingerprint density at radius 2 is 2.25 bits per heavy atom. The van der Waals surface area contributed by atoms with E-state index in [0.29, 0.717) is 10.6 Å². The van der Waals surface area contributed by atoms with Crippen LogP contribution in [0.5, 0.6) is 5.75 Å². The lowest BCUT2D eigenvalue weighted by molar-refractivity contribution is 0.0959. The van der Waals surface area contributed by atoms with Gasteiger partial charge in [-0.05, 0) is 25.3 Å². The minimum absolute atomic E-state index is 0.0675. The van der Waals surface area contributed by atoms with Crippen LogP contribution in [0.2, 0.25) is 0 Å². The second-order valence-corrected chi connectivity index (χ2v) is 4.97. The first kappa shape index (κ1) is 14.0. The van der Waals surface area contributed by atoms with Crippen molar-refractivity contribution in [3.05, 3.63) is 50.2 Å². The van der Waals surface area contributed by atoms with Gasteiger partial charge in [0.25, 0.3) is 5.91 Å². The Morgan fingerprint density at radius 3 is 2.85 bits per heavy atom. The first-order valence-electron chi connectivity index (χ1n) is 5.71. The van der Waals surface area contributed by atoms with Crippen LogP contribution < -0.4 is 11.1 Å². The highest BCUT2D eigenvalue weighted by molar-refractivity contribution is 7.12. The molecule has 6 nitrogen and oxygen atoms in total. The largest absolute Gasteiger partial charge is 0.507 e. The van der Waals surface area contributed by atoms with Crippen molar-refractivity contribution in [1.82, 2.24) is 5.43 Å². The van der Waals surface area contributed by atoms with Crippen LogP contribution in [-0.4, -0.2) is 16.7 Å². The predicted molar refractivity (Wildman–Crippen MR) is 75.4 cm³/mol. The zero-order chi connectivity index (χ0) is 14.7. The summed E-state index contributed by atoms with van der Waals surface area (Å²) in [6, 6.07) is 4.72. The summed E-state index contributed by atoms with van der Waals surface area (Å²) in [5, 5.41) is 15.3. The molecule has 0 saturated carbocycles. The van der Waals surface area contributed by atoms with E-state index in [1.807, 2.05) is 0 Å². The van der Waals surface area contributed by atoms with Gasteiger partial charge < -0.3 is 9.52 Å². The number of hydrazone groups is 1. The van der Waals surface area contributed by atoms with Gasteiger partial charge in [0.2, 0.25) is 0 Å². The maximum atomic E-state index is 11.7. The average Bonchev–Trinajstić information content (AvgIpc) is 2.88. The number of rotatable bonds is 3. The number of nitrogens with one attached hydrogen (secondary N) is 1. The van der Waals surface area contributed by atoms with Crippen LogP contribution in [0.1, 0.15) is 27.9 Å². The van der Waals surface area contributed by atoms with Crippen molar-refractivity contribution in [1.29, 1.82) is 0 Å². The Morgan fingerprint density at radius 1 is 1.50 bits per heavy atom. The van der Waals surface area contributed by atoms with Crippen molar-refractivity contribution >= 4 is 23.0 Å². The Balaban J connectivity index is 2.24. The van der Waals surface area contributed by atoms with Gasteiger partial charge in [0, 0.05) is 6.07 Å². The second-order valence-electron chi connectivity index (χ2n) is 4.02. The van der Waals surface area contributed by atoms with Crippen molar-refractivity contribution in [2.75, 3.05) is 0 Å². The normalized spacial score (nSPS) is 11.4. The highest BCUT2D eigenvalue weighted by Gasteiger charge is 2.13. The summed E-state index contributed by atoms with van der Waals surface area (Å²) in [5.74, 6) is -0.313. The minimum Gasteiger partial charge on any atom is -0.507 e. The highest BCUT2D eigenvalue weighted by atomic mass is 32.1. The van der Waals surface area contributed by atoms with Gasteiger partial charge in [-0.15, -0.1) is 11.3 Å². The number of nitrogens with zero attached hydrogens (tertiary/aromatic N) is 1. The Kier molecular flexibility index (Phi) is 3.99. The SMILES string of the molecule is C/C(=N/NC(=O)c1cccs1)c1c(O)cc(C)oc1=O. The van der Waals surface area contributed by atoms with Gasteiger partial charge in [-0.25, -0.2) is 10.2 Å². The quantitative estimate of drug-likeness (QED) is 0.667. The molecule has 104 valence electrons. The third kappa shape index (κ3) is 2.94. The molecule has 0 aliphatic rings. The monoisotopic (exact) mass is 292 g/mol. The summed E-state index contributed by atoms with van der Waals surface area (Å²) in [7, 11) is 0. The second kappa shape index (κ2) is 5.70. The van der Waals surface area contributed by atoms with E-state index in [0.717, 1.165) is 0 Å². The molecule has 2 N–H and O–H groups in total. The lowest BCUT2D eigenvalue weighted by Crippen LogP contribution is -2.21. The van der Waals surface area contributed by atoms with Gasteiger partial charge in [-0.3, -0.25) is 4.79 Å². The van der Waals surface area contributed by atoms with Crippen LogP contribution in [-0.2, 0) is 0 Å². The summed E-state index contributed by atoms with van der Waals surface area (Å²) in [6.45, 7) is 3.05. The third-order valence-electron chi connectivity index (χ3n) is 2.49. The summed E-state index contributed by atoms with van der Waals surface area (Å²) in [4.78, 5) is 23.9. The van der Waals surface area contributed by atoms with E-state index in [2.05, 4.69) is 10.5 Å². The molecule has 0 atom stereocenters. The van der Waals surface area contributed by atoms with Crippen molar-refractivity contribution in [3.63, 3.8) is 0 Å². The smallest absolute Gasteiger partial charge is 0.348 e. The molecule has 2 aromatic rings. The van der Waals surface area contributed by atoms with Gasteiger partial charge in [0.05, 0.1) is 10.6 Å². The number of hydrogen-bond donors (Lipinski definition) is 2. The van der Waals surface area contributed by atoms with Gasteiger partial charge in [0.15, 0.2) is 0 Å². The lowest BCUT2D eigenvalue weighted by Gasteiger charge is -2.03. The topological polar surface area (TPSA) is 91.9 Å². The molecular formula is C13H12N2O4S. The number of aryl methyl sites for hydroxylation is 1. The van der Waals surface area contributed by atoms with E-state index < -0.39 is 5.63 Å². The molecule has 0 unspecified atom stereocenters. The van der Waals surface area contributed by atoms with E-state index >= 15 is 0 Å². The zero-order valence-corrected chi connectivity index (χ0v) is 11.7. The Labute approximate surface area is 118 Å². The Bertz CT molecular complexity index is 716. The van der Waals surface area contributed by atoms with E-state index in [1.54, 1.807) is 24.4 Å². The molecule has 0 aliphatic carbocycles. The van der Waals surface area contributed by atoms with E-state index in [-0.39, 0.29) is 22.9 Å². The molecule has 0 radical (unpaired) electrons. The standard InChI is InChI=1S/C13H12N2O4S/c1-7-6-9(16)11(13(18)19-7)8(2)14-15-12(17)10-4-3-5-20-10/h3-6,16H,1-2H3,(H,15,17)/b14-8-. The molecule has 2 aromatic heterocycles. The molecule has 0 aromatic carbocycles. The van der Waals surface area contributed by atoms with Gasteiger partial charge in [0.1, 0.15) is 17.1 Å². The van der Waals surface area contributed by atoms with Crippen molar-refractivity contribution in [3.8, 4) is 5.75 Å². The van der Waals surface area contributed by atoms with Crippen LogP contribution >= 0.6 is 11.3 Å². The summed E-state index contributed by atoms with van der Waals surface area (Å²) < 4.78 is 4.88. The fraction of sp³-hybridized carbons (Fsp3) is 0.154. The molecule has 2 rings (SSSR count). The summed E-state index contributed by atoms with van der Waals surface area (Å²) >= 11 is 1.28. The van der Waals surface area contributed by atoms with Gasteiger partial charge in [-0.1, -0.05) is 6.07 Å².